The van der Waals surface area contributed by atoms with Crippen molar-refractivity contribution in [3.8, 4) is 11.8 Å². The number of hydrogen-bond acceptors (Lipinski definition) is 3. The first-order chi connectivity index (χ1) is 14.3. The number of likely N-dealkylation sites (tertiary alicyclic amines) is 1. The van der Waals surface area contributed by atoms with E-state index in [-0.39, 0.29) is 17.9 Å². The van der Waals surface area contributed by atoms with Crippen LogP contribution in [-0.2, 0) is 6.42 Å². The number of amides is 1. The van der Waals surface area contributed by atoms with Gasteiger partial charge in [0.1, 0.15) is 5.60 Å². The van der Waals surface area contributed by atoms with E-state index in [0.717, 1.165) is 25.7 Å². The van der Waals surface area contributed by atoms with Crippen molar-refractivity contribution in [3.05, 3.63) is 71.3 Å². The van der Waals surface area contributed by atoms with Crippen molar-refractivity contribution >= 4 is 5.91 Å². The van der Waals surface area contributed by atoms with Gasteiger partial charge in [-0.3, -0.25) is 4.79 Å². The summed E-state index contributed by atoms with van der Waals surface area (Å²) in [6.45, 7) is 4.61. The number of carbonyl (C=O) groups is 1. The molecule has 2 aromatic rings. The van der Waals surface area contributed by atoms with Crippen LogP contribution in [0.3, 0.4) is 0 Å². The van der Waals surface area contributed by atoms with Crippen molar-refractivity contribution in [2.24, 2.45) is 5.41 Å². The summed E-state index contributed by atoms with van der Waals surface area (Å²) in [7, 11) is 0. The summed E-state index contributed by atoms with van der Waals surface area (Å²) in [6.07, 6.45) is 3.57. The molecule has 0 spiro atoms. The van der Waals surface area contributed by atoms with E-state index < -0.39 is 5.60 Å². The molecule has 1 atom stereocenters. The molecule has 30 heavy (non-hydrogen) atoms. The van der Waals surface area contributed by atoms with Crippen molar-refractivity contribution in [3.63, 3.8) is 0 Å². The molecular formula is C26H31NO3. The predicted octanol–water partition coefficient (Wildman–Crippen LogP) is 3.66. The minimum atomic E-state index is -1.08. The van der Waals surface area contributed by atoms with Gasteiger partial charge in [-0.15, -0.1) is 0 Å². The number of aliphatic hydroxyl groups excluding tert-OH is 1. The van der Waals surface area contributed by atoms with Crippen LogP contribution in [0.5, 0.6) is 0 Å². The Morgan fingerprint density at radius 2 is 1.93 bits per heavy atom. The topological polar surface area (TPSA) is 60.8 Å². The number of nitrogens with zero attached hydrogens (tertiary/aromatic N) is 1. The third kappa shape index (κ3) is 5.95. The van der Waals surface area contributed by atoms with Gasteiger partial charge in [-0.25, -0.2) is 0 Å². The Hall–Kier alpha value is -2.61. The maximum absolute atomic E-state index is 13.2. The Labute approximate surface area is 179 Å². The summed E-state index contributed by atoms with van der Waals surface area (Å²) in [5, 5.41) is 20.0. The summed E-state index contributed by atoms with van der Waals surface area (Å²) in [6, 6.07) is 17.5. The summed E-state index contributed by atoms with van der Waals surface area (Å²) in [5.41, 5.74) is 1.22. The lowest BCUT2D eigenvalue weighted by atomic mass is 9.76. The molecule has 1 fully saturated rings. The van der Waals surface area contributed by atoms with Crippen LogP contribution in [0.2, 0.25) is 0 Å². The SMILES string of the molecule is CC(C)(O)C#Cc1cccc(C(=O)N2CCC[C@](CO)(CCc3ccccc3)C2)c1. The molecular weight excluding hydrogens is 374 g/mol. The molecule has 0 radical (unpaired) electrons. The quantitative estimate of drug-likeness (QED) is 0.747. The smallest absolute Gasteiger partial charge is 0.253 e. The first kappa shape index (κ1) is 22.1. The maximum Gasteiger partial charge on any atom is 0.253 e. The molecule has 4 heteroatoms. The summed E-state index contributed by atoms with van der Waals surface area (Å²) in [4.78, 5) is 15.0. The predicted molar refractivity (Wildman–Crippen MR) is 119 cm³/mol. The van der Waals surface area contributed by atoms with Crippen molar-refractivity contribution in [2.45, 2.75) is 45.1 Å². The molecule has 1 saturated heterocycles. The molecule has 1 amide bonds. The normalized spacial score (nSPS) is 19.1. The van der Waals surface area contributed by atoms with Crippen molar-refractivity contribution in [1.82, 2.24) is 4.90 Å². The van der Waals surface area contributed by atoms with Crippen LogP contribution in [-0.4, -0.2) is 46.3 Å². The average Bonchev–Trinajstić information content (AvgIpc) is 2.76. The second-order valence-corrected chi connectivity index (χ2v) is 8.86. The zero-order valence-corrected chi connectivity index (χ0v) is 17.9. The van der Waals surface area contributed by atoms with Crippen molar-refractivity contribution in [1.29, 1.82) is 0 Å². The molecule has 2 N–H and O–H groups in total. The lowest BCUT2D eigenvalue weighted by Gasteiger charge is -2.42. The molecule has 2 aromatic carbocycles. The van der Waals surface area contributed by atoms with Gasteiger partial charge >= 0.3 is 0 Å². The van der Waals surface area contributed by atoms with Crippen molar-refractivity contribution in [2.75, 3.05) is 19.7 Å². The van der Waals surface area contributed by atoms with Gasteiger partial charge in [0.2, 0.25) is 0 Å². The van der Waals surface area contributed by atoms with Crippen LogP contribution in [0.1, 0.15) is 54.6 Å². The minimum Gasteiger partial charge on any atom is -0.396 e. The summed E-state index contributed by atoms with van der Waals surface area (Å²) >= 11 is 0. The zero-order valence-electron chi connectivity index (χ0n) is 17.9. The van der Waals surface area contributed by atoms with Gasteiger partial charge in [-0.2, -0.15) is 0 Å². The van der Waals surface area contributed by atoms with Crippen LogP contribution in [0.15, 0.2) is 54.6 Å². The van der Waals surface area contributed by atoms with E-state index in [2.05, 4.69) is 24.0 Å². The largest absolute Gasteiger partial charge is 0.396 e. The van der Waals surface area contributed by atoms with E-state index in [1.165, 1.54) is 5.56 Å². The third-order valence-electron chi connectivity index (χ3n) is 5.69. The molecule has 0 bridgehead atoms. The monoisotopic (exact) mass is 405 g/mol. The van der Waals surface area contributed by atoms with Crippen LogP contribution < -0.4 is 0 Å². The van der Waals surface area contributed by atoms with Gasteiger partial charge < -0.3 is 15.1 Å². The number of aryl methyl sites for hydroxylation is 1. The van der Waals surface area contributed by atoms with E-state index in [1.54, 1.807) is 26.0 Å². The molecule has 1 aliphatic rings. The highest BCUT2D eigenvalue weighted by Crippen LogP contribution is 2.35. The number of piperidine rings is 1. The average molecular weight is 406 g/mol. The second-order valence-electron chi connectivity index (χ2n) is 8.86. The fourth-order valence-electron chi connectivity index (χ4n) is 3.99. The van der Waals surface area contributed by atoms with Gasteiger partial charge in [0.25, 0.3) is 5.91 Å². The van der Waals surface area contributed by atoms with E-state index in [1.807, 2.05) is 35.2 Å². The van der Waals surface area contributed by atoms with Gasteiger partial charge in [0, 0.05) is 29.6 Å². The highest BCUT2D eigenvalue weighted by molar-refractivity contribution is 5.94. The van der Waals surface area contributed by atoms with Crippen LogP contribution >= 0.6 is 0 Å². The molecule has 1 heterocycles. The first-order valence-corrected chi connectivity index (χ1v) is 10.6. The molecule has 3 rings (SSSR count). The Kier molecular flexibility index (Phi) is 6.97. The number of benzene rings is 2. The molecule has 158 valence electrons. The zero-order chi connectivity index (χ0) is 21.6. The fourth-order valence-corrected chi connectivity index (χ4v) is 3.99. The highest BCUT2D eigenvalue weighted by Gasteiger charge is 2.36. The molecule has 0 unspecified atom stereocenters. The Balaban J connectivity index is 1.72. The number of hydrogen-bond donors (Lipinski definition) is 2. The molecule has 0 aromatic heterocycles. The fraction of sp³-hybridized carbons (Fsp3) is 0.423. The van der Waals surface area contributed by atoms with Gasteiger partial charge in [0.05, 0.1) is 6.61 Å². The molecule has 0 saturated carbocycles. The Morgan fingerprint density at radius 1 is 1.17 bits per heavy atom. The van der Waals surface area contributed by atoms with Crippen molar-refractivity contribution < 1.29 is 15.0 Å². The summed E-state index contributed by atoms with van der Waals surface area (Å²) in [5.74, 6) is 5.70. The van der Waals surface area contributed by atoms with E-state index in [9.17, 15) is 15.0 Å². The van der Waals surface area contributed by atoms with Crippen LogP contribution in [0, 0.1) is 17.3 Å². The Morgan fingerprint density at radius 3 is 2.63 bits per heavy atom. The number of aliphatic hydroxyl groups is 2. The molecule has 4 nitrogen and oxygen atoms in total. The number of carbonyl (C=O) groups excluding carboxylic acids is 1. The van der Waals surface area contributed by atoms with E-state index in [0.29, 0.717) is 24.2 Å². The van der Waals surface area contributed by atoms with E-state index in [4.69, 9.17) is 0 Å². The Bertz CT molecular complexity index is 921. The lowest BCUT2D eigenvalue weighted by molar-refractivity contribution is 0.0228. The van der Waals surface area contributed by atoms with Gasteiger partial charge in [0.15, 0.2) is 0 Å². The molecule has 0 aliphatic carbocycles. The second kappa shape index (κ2) is 9.47. The van der Waals surface area contributed by atoms with Crippen LogP contribution in [0.25, 0.3) is 0 Å². The third-order valence-corrected chi connectivity index (χ3v) is 5.69. The highest BCUT2D eigenvalue weighted by atomic mass is 16.3. The van der Waals surface area contributed by atoms with Crippen LogP contribution in [0.4, 0.5) is 0 Å². The molecule has 1 aliphatic heterocycles. The maximum atomic E-state index is 13.2. The van der Waals surface area contributed by atoms with Gasteiger partial charge in [-0.05, 0) is 63.3 Å². The lowest BCUT2D eigenvalue weighted by Crippen LogP contribution is -2.48. The summed E-state index contributed by atoms with van der Waals surface area (Å²) < 4.78 is 0. The standard InChI is InChI=1S/C26H31NO3/c1-25(2,30)15-12-22-10-6-11-23(18-22)24(29)27-17-7-14-26(19-27,20-28)16-13-21-8-4-3-5-9-21/h3-6,8-11,18,28,30H,7,13-14,16-17,19-20H2,1-2H3/t26-/m0/s1. The van der Waals surface area contributed by atoms with Gasteiger partial charge in [-0.1, -0.05) is 48.2 Å². The first-order valence-electron chi connectivity index (χ1n) is 10.6. The minimum absolute atomic E-state index is 0.0286. The van der Waals surface area contributed by atoms with E-state index >= 15 is 0 Å². The number of rotatable bonds is 5.